The van der Waals surface area contributed by atoms with Gasteiger partial charge in [0.25, 0.3) is 5.91 Å². The van der Waals surface area contributed by atoms with Gasteiger partial charge in [-0.2, -0.15) is 0 Å². The van der Waals surface area contributed by atoms with Crippen LogP contribution in [0.5, 0.6) is 0 Å². The maximum absolute atomic E-state index is 12.7. The molecule has 6 nitrogen and oxygen atoms in total. The minimum atomic E-state index is -0.178. The van der Waals surface area contributed by atoms with Crippen LogP contribution in [0.15, 0.2) is 52.9 Å². The van der Waals surface area contributed by atoms with Crippen molar-refractivity contribution in [1.82, 2.24) is 15.2 Å². The van der Waals surface area contributed by atoms with Crippen molar-refractivity contribution in [3.63, 3.8) is 0 Å². The van der Waals surface area contributed by atoms with Crippen LogP contribution < -0.4 is 5.32 Å². The van der Waals surface area contributed by atoms with Crippen molar-refractivity contribution in [2.24, 2.45) is 0 Å². The Labute approximate surface area is 158 Å². The fourth-order valence-electron chi connectivity index (χ4n) is 3.40. The van der Waals surface area contributed by atoms with Gasteiger partial charge in [0.2, 0.25) is 0 Å². The van der Waals surface area contributed by atoms with Gasteiger partial charge in [-0.3, -0.25) is 9.69 Å². The minimum absolute atomic E-state index is 0.0213. The third-order valence-corrected chi connectivity index (χ3v) is 4.86. The lowest BCUT2D eigenvalue weighted by atomic mass is 10.1. The van der Waals surface area contributed by atoms with Crippen LogP contribution in [-0.2, 0) is 4.74 Å². The molecule has 3 heterocycles. The van der Waals surface area contributed by atoms with E-state index in [-0.39, 0.29) is 11.9 Å². The van der Waals surface area contributed by atoms with Crippen LogP contribution in [0.4, 0.5) is 0 Å². The highest BCUT2D eigenvalue weighted by Crippen LogP contribution is 2.23. The zero-order chi connectivity index (χ0) is 18.6. The molecule has 1 saturated heterocycles. The number of benzene rings is 1. The number of carbonyl (C=O) groups is 1. The fourth-order valence-corrected chi connectivity index (χ4v) is 3.40. The molecule has 1 atom stereocenters. The molecule has 2 aromatic heterocycles. The molecule has 140 valence electrons. The zero-order valence-electron chi connectivity index (χ0n) is 15.4. The van der Waals surface area contributed by atoms with Gasteiger partial charge >= 0.3 is 0 Å². The number of carbonyl (C=O) groups excluding carboxylic acids is 1. The fraction of sp³-hybridized carbons (Fsp3) is 0.333. The maximum Gasteiger partial charge on any atom is 0.269 e. The highest BCUT2D eigenvalue weighted by molar-refractivity contribution is 5.94. The number of furan rings is 1. The number of aryl methyl sites for hydroxylation is 1. The predicted molar refractivity (Wildman–Crippen MR) is 103 cm³/mol. The van der Waals surface area contributed by atoms with Crippen molar-refractivity contribution < 1.29 is 13.9 Å². The number of nitrogens with one attached hydrogen (secondary N) is 1. The third kappa shape index (κ3) is 4.02. The normalized spacial score (nSPS) is 16.3. The molecule has 0 radical (unpaired) electrons. The number of rotatable bonds is 5. The van der Waals surface area contributed by atoms with Gasteiger partial charge in [-0.05, 0) is 31.2 Å². The lowest BCUT2D eigenvalue weighted by Crippen LogP contribution is -2.43. The molecule has 0 spiro atoms. The second-order valence-corrected chi connectivity index (χ2v) is 6.71. The Morgan fingerprint density at radius 3 is 2.74 bits per heavy atom. The molecular formula is C21H23N3O3. The lowest BCUT2D eigenvalue weighted by molar-refractivity contribution is 0.0117. The maximum atomic E-state index is 12.7. The number of pyridine rings is 1. The standard InChI is InChI=1S/C21H23N3O3/c1-15-6-9-20(27-15)19(24-10-12-26-13-11-24)14-22-21(25)18-8-7-16-4-2-3-5-17(16)23-18/h2-9,19H,10-14H2,1H3,(H,22,25)/t19-/m0/s1. The average Bonchev–Trinajstić information content (AvgIpc) is 3.14. The molecule has 27 heavy (non-hydrogen) atoms. The molecule has 6 heteroatoms. The summed E-state index contributed by atoms with van der Waals surface area (Å²) < 4.78 is 11.3. The van der Waals surface area contributed by atoms with E-state index in [1.54, 1.807) is 6.07 Å². The van der Waals surface area contributed by atoms with Gasteiger partial charge in [-0.15, -0.1) is 0 Å². The first-order valence-corrected chi connectivity index (χ1v) is 9.23. The summed E-state index contributed by atoms with van der Waals surface area (Å²) in [6, 6.07) is 15.4. The van der Waals surface area contributed by atoms with E-state index in [4.69, 9.17) is 9.15 Å². The van der Waals surface area contributed by atoms with E-state index >= 15 is 0 Å². The molecule has 0 saturated carbocycles. The Kier molecular flexibility index (Phi) is 5.18. The first-order valence-electron chi connectivity index (χ1n) is 9.23. The van der Waals surface area contributed by atoms with Crippen LogP contribution in [0.1, 0.15) is 28.1 Å². The largest absolute Gasteiger partial charge is 0.465 e. The second-order valence-electron chi connectivity index (χ2n) is 6.71. The van der Waals surface area contributed by atoms with E-state index in [1.165, 1.54) is 0 Å². The van der Waals surface area contributed by atoms with E-state index < -0.39 is 0 Å². The van der Waals surface area contributed by atoms with Gasteiger partial charge < -0.3 is 14.5 Å². The summed E-state index contributed by atoms with van der Waals surface area (Å²) in [6.07, 6.45) is 0. The Morgan fingerprint density at radius 1 is 1.15 bits per heavy atom. The molecule has 4 rings (SSSR count). The number of para-hydroxylation sites is 1. The highest BCUT2D eigenvalue weighted by Gasteiger charge is 2.26. The first kappa shape index (κ1) is 17.7. The van der Waals surface area contributed by atoms with Crippen LogP contribution in [0.25, 0.3) is 10.9 Å². The minimum Gasteiger partial charge on any atom is -0.465 e. The summed E-state index contributed by atoms with van der Waals surface area (Å²) in [6.45, 7) is 5.40. The van der Waals surface area contributed by atoms with E-state index in [2.05, 4.69) is 15.2 Å². The van der Waals surface area contributed by atoms with Crippen LogP contribution in [0.2, 0.25) is 0 Å². The van der Waals surface area contributed by atoms with Crippen molar-refractivity contribution in [3.05, 3.63) is 65.7 Å². The third-order valence-electron chi connectivity index (χ3n) is 4.86. The van der Waals surface area contributed by atoms with Gasteiger partial charge in [0.15, 0.2) is 0 Å². The highest BCUT2D eigenvalue weighted by atomic mass is 16.5. The molecule has 0 unspecified atom stereocenters. The van der Waals surface area contributed by atoms with Gasteiger partial charge in [0.05, 0.1) is 24.8 Å². The van der Waals surface area contributed by atoms with Gasteiger partial charge in [-0.25, -0.2) is 4.98 Å². The van der Waals surface area contributed by atoms with E-state index in [0.29, 0.717) is 25.5 Å². The van der Waals surface area contributed by atoms with Crippen molar-refractivity contribution in [1.29, 1.82) is 0 Å². The summed E-state index contributed by atoms with van der Waals surface area (Å²) in [5, 5.41) is 4.04. The average molecular weight is 365 g/mol. The molecule has 1 N–H and O–H groups in total. The van der Waals surface area contributed by atoms with E-state index in [1.807, 2.05) is 49.4 Å². The number of ether oxygens (including phenoxy) is 1. The van der Waals surface area contributed by atoms with Crippen LogP contribution in [0, 0.1) is 6.92 Å². The summed E-state index contributed by atoms with van der Waals surface area (Å²) in [7, 11) is 0. The number of nitrogens with zero attached hydrogens (tertiary/aromatic N) is 2. The topological polar surface area (TPSA) is 67.6 Å². The van der Waals surface area contributed by atoms with Crippen molar-refractivity contribution in [2.75, 3.05) is 32.8 Å². The van der Waals surface area contributed by atoms with Crippen LogP contribution >= 0.6 is 0 Å². The summed E-state index contributed by atoms with van der Waals surface area (Å²) in [5.41, 5.74) is 1.24. The molecule has 0 bridgehead atoms. The molecule has 1 aliphatic heterocycles. The van der Waals surface area contributed by atoms with Gasteiger partial charge in [0, 0.05) is 25.0 Å². The SMILES string of the molecule is Cc1ccc([C@H](CNC(=O)c2ccc3ccccc3n2)N2CCOCC2)o1. The Morgan fingerprint density at radius 2 is 1.96 bits per heavy atom. The number of morpholine rings is 1. The molecule has 1 aromatic carbocycles. The molecule has 1 aliphatic rings. The smallest absolute Gasteiger partial charge is 0.269 e. The summed E-state index contributed by atoms with van der Waals surface area (Å²) in [4.78, 5) is 19.4. The van der Waals surface area contributed by atoms with Crippen molar-refractivity contribution >= 4 is 16.8 Å². The molecule has 0 aliphatic carbocycles. The molecule has 1 amide bonds. The zero-order valence-corrected chi connectivity index (χ0v) is 15.4. The molecular weight excluding hydrogens is 342 g/mol. The van der Waals surface area contributed by atoms with E-state index in [0.717, 1.165) is 35.5 Å². The van der Waals surface area contributed by atoms with E-state index in [9.17, 15) is 4.79 Å². The van der Waals surface area contributed by atoms with Crippen LogP contribution in [0.3, 0.4) is 0 Å². The predicted octanol–water partition coefficient (Wildman–Crippen LogP) is 2.94. The molecule has 3 aromatic rings. The first-order chi connectivity index (χ1) is 13.2. The molecule has 1 fully saturated rings. The van der Waals surface area contributed by atoms with Gasteiger partial charge in [0.1, 0.15) is 17.2 Å². The second kappa shape index (κ2) is 7.90. The Balaban J connectivity index is 1.49. The Hall–Kier alpha value is -2.70. The van der Waals surface area contributed by atoms with Crippen LogP contribution in [-0.4, -0.2) is 48.6 Å². The summed E-state index contributed by atoms with van der Waals surface area (Å²) >= 11 is 0. The monoisotopic (exact) mass is 365 g/mol. The van der Waals surface area contributed by atoms with Gasteiger partial charge in [-0.1, -0.05) is 24.3 Å². The van der Waals surface area contributed by atoms with Crippen molar-refractivity contribution in [3.8, 4) is 0 Å². The number of amides is 1. The number of fused-ring (bicyclic) bond motifs is 1. The number of hydrogen-bond donors (Lipinski definition) is 1. The van der Waals surface area contributed by atoms with Crippen molar-refractivity contribution in [2.45, 2.75) is 13.0 Å². The number of aromatic nitrogens is 1. The lowest BCUT2D eigenvalue weighted by Gasteiger charge is -2.33. The number of hydrogen-bond acceptors (Lipinski definition) is 5. The quantitative estimate of drug-likeness (QED) is 0.753. The summed E-state index contributed by atoms with van der Waals surface area (Å²) in [5.74, 6) is 1.55. The Bertz CT molecular complexity index is 931.